The zero-order chi connectivity index (χ0) is 17.2. The van der Waals surface area contributed by atoms with Gasteiger partial charge in [0, 0.05) is 15.2 Å². The van der Waals surface area contributed by atoms with Crippen molar-refractivity contribution in [3.63, 3.8) is 0 Å². The first-order chi connectivity index (χ1) is 12.3. The van der Waals surface area contributed by atoms with Gasteiger partial charge in [0.1, 0.15) is 22.3 Å². The number of esters is 1. The Balaban J connectivity index is 1.73. The Morgan fingerprint density at radius 2 is 2.20 bits per heavy atom. The van der Waals surface area contributed by atoms with Crippen molar-refractivity contribution in [2.75, 3.05) is 6.61 Å². The molecule has 0 spiro atoms. The van der Waals surface area contributed by atoms with Crippen molar-refractivity contribution in [3.05, 3.63) is 46.6 Å². The van der Waals surface area contributed by atoms with E-state index >= 15 is 0 Å². The van der Waals surface area contributed by atoms with E-state index in [0.29, 0.717) is 5.56 Å². The molecule has 0 unspecified atom stereocenters. The summed E-state index contributed by atoms with van der Waals surface area (Å²) in [7, 11) is 0. The number of fused-ring (bicyclic) bond motifs is 3. The third-order valence-corrected chi connectivity index (χ3v) is 6.33. The maximum absolute atomic E-state index is 12.2. The van der Waals surface area contributed by atoms with Crippen molar-refractivity contribution in [2.45, 2.75) is 29.2 Å². The quantitative estimate of drug-likeness (QED) is 0.512. The van der Waals surface area contributed by atoms with Gasteiger partial charge in [0.25, 0.3) is 0 Å². The Labute approximate surface area is 152 Å². The van der Waals surface area contributed by atoms with Gasteiger partial charge in [0.05, 0.1) is 5.56 Å². The van der Waals surface area contributed by atoms with Gasteiger partial charge in [-0.3, -0.25) is 0 Å². The summed E-state index contributed by atoms with van der Waals surface area (Å²) in [5.74, 6) is -0.495. The van der Waals surface area contributed by atoms with Gasteiger partial charge in [-0.15, -0.1) is 11.3 Å². The molecule has 0 saturated carbocycles. The molecule has 2 heterocycles. The molecule has 4 rings (SSSR count). The zero-order valence-electron chi connectivity index (χ0n) is 13.2. The van der Waals surface area contributed by atoms with Crippen LogP contribution in [0.5, 0.6) is 0 Å². The lowest BCUT2D eigenvalue weighted by Gasteiger charge is -2.08. The van der Waals surface area contributed by atoms with Crippen LogP contribution >= 0.6 is 23.1 Å². The first-order valence-electron chi connectivity index (χ1n) is 7.84. The molecule has 1 aliphatic carbocycles. The summed E-state index contributed by atoms with van der Waals surface area (Å²) in [4.78, 5) is 24.3. The van der Waals surface area contributed by atoms with Crippen LogP contribution in [0, 0.1) is 11.3 Å². The van der Waals surface area contributed by atoms with Gasteiger partial charge >= 0.3 is 5.97 Å². The van der Waals surface area contributed by atoms with E-state index in [1.54, 1.807) is 29.8 Å². The maximum atomic E-state index is 12.2. The van der Waals surface area contributed by atoms with Crippen molar-refractivity contribution in [2.24, 2.45) is 0 Å². The van der Waals surface area contributed by atoms with Crippen LogP contribution in [0.1, 0.15) is 27.2 Å². The fourth-order valence-electron chi connectivity index (χ4n) is 2.98. The van der Waals surface area contributed by atoms with Gasteiger partial charge in [-0.2, -0.15) is 5.26 Å². The summed E-state index contributed by atoms with van der Waals surface area (Å²) >= 11 is 3.19. The zero-order valence-corrected chi connectivity index (χ0v) is 14.8. The number of aryl methyl sites for hydroxylation is 2. The summed E-state index contributed by atoms with van der Waals surface area (Å²) in [6.07, 6.45) is 4.92. The minimum atomic E-state index is -0.495. The average Bonchev–Trinajstić information content (AvgIpc) is 3.21. The molecule has 7 heteroatoms. The second-order valence-electron chi connectivity index (χ2n) is 5.55. The Hall–Kier alpha value is -2.43. The first-order valence-corrected chi connectivity index (χ1v) is 9.47. The van der Waals surface area contributed by atoms with Gasteiger partial charge in [0.15, 0.2) is 6.61 Å². The number of aromatic nitrogens is 2. The van der Waals surface area contributed by atoms with E-state index in [1.807, 2.05) is 18.2 Å². The molecule has 25 heavy (non-hydrogen) atoms. The van der Waals surface area contributed by atoms with Crippen LogP contribution < -0.4 is 0 Å². The van der Waals surface area contributed by atoms with Crippen LogP contribution in [-0.2, 0) is 17.6 Å². The smallest absolute Gasteiger partial charge is 0.340 e. The van der Waals surface area contributed by atoms with Crippen molar-refractivity contribution in [1.29, 1.82) is 5.26 Å². The number of rotatable bonds is 4. The van der Waals surface area contributed by atoms with Crippen LogP contribution in [0.15, 0.2) is 40.5 Å². The number of benzene rings is 1. The number of nitriles is 1. The second kappa shape index (κ2) is 6.82. The highest BCUT2D eigenvalue weighted by Crippen LogP contribution is 2.42. The van der Waals surface area contributed by atoms with E-state index in [0.717, 1.165) is 33.0 Å². The number of hydrogen-bond donors (Lipinski definition) is 0. The molecule has 1 aromatic carbocycles. The number of thiophene rings is 1. The highest BCUT2D eigenvalue weighted by atomic mass is 32.2. The van der Waals surface area contributed by atoms with E-state index in [-0.39, 0.29) is 6.61 Å². The topological polar surface area (TPSA) is 75.9 Å². The lowest BCUT2D eigenvalue weighted by atomic mass is 10.2. The Morgan fingerprint density at radius 3 is 3.08 bits per heavy atom. The van der Waals surface area contributed by atoms with E-state index < -0.39 is 5.97 Å². The van der Waals surface area contributed by atoms with Crippen molar-refractivity contribution < 1.29 is 9.53 Å². The Kier molecular flexibility index (Phi) is 4.38. The lowest BCUT2D eigenvalue weighted by Crippen LogP contribution is -2.06. The molecular weight excluding hydrogens is 354 g/mol. The molecule has 1 aliphatic rings. The third-order valence-electron chi connectivity index (χ3n) is 4.05. The Bertz CT molecular complexity index is 1010. The van der Waals surface area contributed by atoms with Gasteiger partial charge in [0.2, 0.25) is 0 Å². The van der Waals surface area contributed by atoms with Crippen LogP contribution in [0.25, 0.3) is 10.2 Å². The molecule has 0 saturated heterocycles. The summed E-state index contributed by atoms with van der Waals surface area (Å²) in [5.41, 5.74) is 1.80. The molecule has 3 aromatic rings. The number of ether oxygens (including phenoxy) is 1. The summed E-state index contributed by atoms with van der Waals surface area (Å²) < 4.78 is 4.96. The number of carbonyl (C=O) groups is 1. The predicted molar refractivity (Wildman–Crippen MR) is 95.9 cm³/mol. The van der Waals surface area contributed by atoms with Crippen molar-refractivity contribution in [3.8, 4) is 6.07 Å². The average molecular weight is 367 g/mol. The normalized spacial score (nSPS) is 12.8. The minimum Gasteiger partial charge on any atom is -0.447 e. The predicted octanol–water partition coefficient (Wildman–Crippen LogP) is 4.01. The standard InChI is InChI=1S/C18H13N3O2S2/c19-8-9-23-18(22)12-4-1-2-6-14(12)25-17-15-11-5-3-7-13(11)24-16(15)20-10-21-17/h1-2,4,6,10H,3,5,7,9H2. The van der Waals surface area contributed by atoms with E-state index in [4.69, 9.17) is 10.00 Å². The molecule has 0 bridgehead atoms. The second-order valence-corrected chi connectivity index (χ2v) is 7.66. The summed E-state index contributed by atoms with van der Waals surface area (Å²) in [6.45, 7) is -0.256. The van der Waals surface area contributed by atoms with Gasteiger partial charge in [-0.05, 0) is 37.0 Å². The minimum absolute atomic E-state index is 0.256. The molecule has 0 radical (unpaired) electrons. The van der Waals surface area contributed by atoms with Gasteiger partial charge < -0.3 is 4.74 Å². The maximum Gasteiger partial charge on any atom is 0.340 e. The first kappa shape index (κ1) is 16.1. The highest BCUT2D eigenvalue weighted by Gasteiger charge is 2.22. The van der Waals surface area contributed by atoms with Crippen LogP contribution in [-0.4, -0.2) is 22.5 Å². The highest BCUT2D eigenvalue weighted by molar-refractivity contribution is 7.99. The van der Waals surface area contributed by atoms with E-state index in [2.05, 4.69) is 9.97 Å². The fourth-order valence-corrected chi connectivity index (χ4v) is 5.31. The Morgan fingerprint density at radius 1 is 1.32 bits per heavy atom. The summed E-state index contributed by atoms with van der Waals surface area (Å²) in [5, 5.41) is 10.6. The number of carbonyl (C=O) groups excluding carboxylic acids is 1. The molecule has 2 aromatic heterocycles. The molecule has 0 N–H and O–H groups in total. The monoisotopic (exact) mass is 367 g/mol. The molecule has 0 amide bonds. The number of hydrogen-bond acceptors (Lipinski definition) is 7. The molecule has 0 fully saturated rings. The number of nitrogens with zero attached hydrogens (tertiary/aromatic N) is 3. The molecule has 5 nitrogen and oxygen atoms in total. The van der Waals surface area contributed by atoms with Gasteiger partial charge in [-0.1, -0.05) is 23.9 Å². The van der Waals surface area contributed by atoms with Crippen LogP contribution in [0.4, 0.5) is 0 Å². The lowest BCUT2D eigenvalue weighted by molar-refractivity contribution is 0.0551. The van der Waals surface area contributed by atoms with E-state index in [9.17, 15) is 4.79 Å². The largest absolute Gasteiger partial charge is 0.447 e. The molecule has 124 valence electrons. The summed E-state index contributed by atoms with van der Waals surface area (Å²) in [6, 6.07) is 9.05. The SMILES string of the molecule is N#CCOC(=O)c1ccccc1Sc1ncnc2sc3c(c12)CCC3. The van der Waals surface area contributed by atoms with Crippen LogP contribution in [0.3, 0.4) is 0 Å². The third kappa shape index (κ3) is 2.99. The fraction of sp³-hybridized carbons (Fsp3) is 0.222. The van der Waals surface area contributed by atoms with E-state index in [1.165, 1.54) is 28.6 Å². The van der Waals surface area contributed by atoms with Crippen molar-refractivity contribution >= 4 is 39.3 Å². The van der Waals surface area contributed by atoms with Crippen molar-refractivity contribution in [1.82, 2.24) is 9.97 Å². The molecule has 0 atom stereocenters. The van der Waals surface area contributed by atoms with Crippen LogP contribution in [0.2, 0.25) is 0 Å². The molecular formula is C18H13N3O2S2. The molecule has 0 aliphatic heterocycles. The van der Waals surface area contributed by atoms with Gasteiger partial charge in [-0.25, -0.2) is 14.8 Å².